The molecule has 2 heterocycles. The minimum Gasteiger partial charge on any atom is -0.360 e. The molecule has 0 spiro atoms. The Balaban J connectivity index is 1.12. The fourth-order valence-electron chi connectivity index (χ4n) is 7.72. The average Bonchev–Trinajstić information content (AvgIpc) is 3.49. The van der Waals surface area contributed by atoms with Crippen molar-refractivity contribution >= 4 is 11.6 Å². The van der Waals surface area contributed by atoms with Gasteiger partial charge in [-0.05, 0) is 87.7 Å². The Kier molecular flexibility index (Phi) is 7.24. The standard InChI is InChI=1S/C35H44F2N4O3/c1-32(2,3)31-38-30(40-44-31)34-16-13-33(14-17-34,15-18-34)22-41(29(42)19-23-9-11-35(36,37)12-10-23)26-6-4-5-25(20-26)27-21-28(43-39-27)24-7-8-24/h4-6,20-21,23-24H,7-19,22H2,1-3H3. The molecule has 5 aliphatic rings. The van der Waals surface area contributed by atoms with Crippen molar-refractivity contribution in [2.45, 2.75) is 127 Å². The molecule has 5 aliphatic carbocycles. The van der Waals surface area contributed by atoms with E-state index < -0.39 is 5.92 Å². The molecular formula is C35H44F2N4O3. The van der Waals surface area contributed by atoms with E-state index in [-0.39, 0.29) is 40.9 Å². The SMILES string of the molecule is CC(C)(C)c1nc(C23CCC(CN(C(=O)CC4CCC(F)(F)CC4)c4cccc(-c5cc(C6CC6)on5)c4)(CC2)CC3)no1. The number of anilines is 1. The summed E-state index contributed by atoms with van der Waals surface area (Å²) in [6, 6.07) is 10.0. The van der Waals surface area contributed by atoms with Crippen molar-refractivity contribution < 1.29 is 22.6 Å². The van der Waals surface area contributed by atoms with Crippen LogP contribution in [0, 0.1) is 11.3 Å². The molecule has 3 aromatic rings. The van der Waals surface area contributed by atoms with Crippen LogP contribution in [0.25, 0.3) is 11.3 Å². The lowest BCUT2D eigenvalue weighted by Crippen LogP contribution is -2.51. The van der Waals surface area contributed by atoms with E-state index in [1.54, 1.807) is 0 Å². The number of hydrogen-bond donors (Lipinski definition) is 0. The van der Waals surface area contributed by atoms with E-state index in [9.17, 15) is 13.6 Å². The maximum Gasteiger partial charge on any atom is 0.248 e. The third kappa shape index (κ3) is 5.83. The summed E-state index contributed by atoms with van der Waals surface area (Å²) in [5.74, 6) is 0.323. The molecule has 2 aromatic heterocycles. The van der Waals surface area contributed by atoms with Gasteiger partial charge in [-0.15, -0.1) is 0 Å². The predicted molar refractivity (Wildman–Crippen MR) is 163 cm³/mol. The van der Waals surface area contributed by atoms with Crippen LogP contribution in [-0.2, 0) is 15.6 Å². The Bertz CT molecular complexity index is 1480. The summed E-state index contributed by atoms with van der Waals surface area (Å²) in [6.07, 6.45) is 8.97. The van der Waals surface area contributed by atoms with Crippen LogP contribution >= 0.6 is 0 Å². The highest BCUT2D eigenvalue weighted by atomic mass is 19.3. The van der Waals surface area contributed by atoms with Crippen LogP contribution < -0.4 is 4.90 Å². The molecule has 0 N–H and O–H groups in total. The van der Waals surface area contributed by atoms with Crippen molar-refractivity contribution in [1.29, 1.82) is 0 Å². The fraction of sp³-hybridized carbons (Fsp3) is 0.657. The van der Waals surface area contributed by atoms with E-state index >= 15 is 0 Å². The molecule has 1 aromatic carbocycles. The average molecular weight is 607 g/mol. The highest BCUT2D eigenvalue weighted by Gasteiger charge is 2.52. The quantitative estimate of drug-likeness (QED) is 0.255. The maximum absolute atomic E-state index is 14.1. The zero-order chi connectivity index (χ0) is 30.7. The fourth-order valence-corrected chi connectivity index (χ4v) is 7.72. The number of carbonyl (C=O) groups is 1. The minimum atomic E-state index is -2.60. The molecule has 2 bridgehead atoms. The van der Waals surface area contributed by atoms with Crippen molar-refractivity contribution in [1.82, 2.24) is 15.3 Å². The lowest BCUT2D eigenvalue weighted by Gasteiger charge is -2.53. The van der Waals surface area contributed by atoms with Crippen LogP contribution in [0.1, 0.15) is 128 Å². The van der Waals surface area contributed by atoms with E-state index in [4.69, 9.17) is 14.0 Å². The first-order valence-corrected chi connectivity index (χ1v) is 16.5. The van der Waals surface area contributed by atoms with E-state index in [1.165, 1.54) is 0 Å². The first-order valence-electron chi connectivity index (χ1n) is 16.5. The molecular weight excluding hydrogens is 562 g/mol. The summed E-state index contributed by atoms with van der Waals surface area (Å²) < 4.78 is 39.1. The molecule has 0 unspecified atom stereocenters. The zero-order valence-electron chi connectivity index (χ0n) is 26.2. The molecule has 0 aliphatic heterocycles. The molecule has 0 saturated heterocycles. The Labute approximate surface area is 258 Å². The van der Waals surface area contributed by atoms with E-state index in [1.807, 2.05) is 35.2 Å². The molecule has 0 atom stereocenters. The number of hydrogen-bond acceptors (Lipinski definition) is 6. The Hall–Kier alpha value is -3.10. The normalized spacial score (nSPS) is 27.0. The van der Waals surface area contributed by atoms with Crippen LogP contribution in [0.4, 0.5) is 14.5 Å². The molecule has 5 fully saturated rings. The van der Waals surface area contributed by atoms with Crippen molar-refractivity contribution in [2.24, 2.45) is 11.3 Å². The first kappa shape index (κ1) is 29.6. The molecule has 7 nitrogen and oxygen atoms in total. The van der Waals surface area contributed by atoms with Gasteiger partial charge in [0.05, 0.1) is 0 Å². The Morgan fingerprint density at radius 3 is 2.27 bits per heavy atom. The van der Waals surface area contributed by atoms with Gasteiger partial charge < -0.3 is 13.9 Å². The summed E-state index contributed by atoms with van der Waals surface area (Å²) in [5, 5.41) is 8.78. The van der Waals surface area contributed by atoms with Gasteiger partial charge in [0.2, 0.25) is 17.7 Å². The highest BCUT2D eigenvalue weighted by Crippen LogP contribution is 2.58. The molecule has 236 valence electrons. The molecule has 9 heteroatoms. The predicted octanol–water partition coefficient (Wildman–Crippen LogP) is 8.74. The van der Waals surface area contributed by atoms with E-state index in [0.717, 1.165) is 79.9 Å². The lowest BCUT2D eigenvalue weighted by atomic mass is 9.53. The number of alkyl halides is 2. The van der Waals surface area contributed by atoms with Crippen LogP contribution in [-0.4, -0.2) is 33.7 Å². The molecule has 44 heavy (non-hydrogen) atoms. The largest absolute Gasteiger partial charge is 0.360 e. The second-order valence-electron chi connectivity index (χ2n) is 15.4. The first-order chi connectivity index (χ1) is 20.9. The van der Waals surface area contributed by atoms with Crippen molar-refractivity contribution in [3.05, 3.63) is 47.8 Å². The van der Waals surface area contributed by atoms with Gasteiger partial charge in [0.25, 0.3) is 0 Å². The molecule has 1 amide bonds. The number of rotatable bonds is 8. The van der Waals surface area contributed by atoms with Gasteiger partial charge in [0.15, 0.2) is 5.82 Å². The third-order valence-corrected chi connectivity index (χ3v) is 11.0. The number of halogens is 2. The third-order valence-electron chi connectivity index (χ3n) is 11.0. The van der Waals surface area contributed by atoms with Crippen LogP contribution in [0.15, 0.2) is 39.4 Å². The zero-order valence-corrected chi connectivity index (χ0v) is 26.2. The molecule has 8 rings (SSSR count). The van der Waals surface area contributed by atoms with Crippen LogP contribution in [0.3, 0.4) is 0 Å². The van der Waals surface area contributed by atoms with Gasteiger partial charge in [-0.25, -0.2) is 8.78 Å². The van der Waals surface area contributed by atoms with Crippen molar-refractivity contribution in [2.75, 3.05) is 11.4 Å². The second kappa shape index (κ2) is 10.8. The number of nitrogens with zero attached hydrogens (tertiary/aromatic N) is 4. The molecule has 0 radical (unpaired) electrons. The summed E-state index contributed by atoms with van der Waals surface area (Å²) in [4.78, 5) is 20.9. The minimum absolute atomic E-state index is 0.00334. The Morgan fingerprint density at radius 2 is 1.64 bits per heavy atom. The monoisotopic (exact) mass is 606 g/mol. The van der Waals surface area contributed by atoms with Gasteiger partial charge in [0, 0.05) is 59.9 Å². The van der Waals surface area contributed by atoms with Gasteiger partial charge in [-0.3, -0.25) is 4.79 Å². The van der Waals surface area contributed by atoms with Gasteiger partial charge in [-0.1, -0.05) is 43.2 Å². The molecule has 5 saturated carbocycles. The van der Waals surface area contributed by atoms with Crippen LogP contribution in [0.2, 0.25) is 0 Å². The summed E-state index contributed by atoms with van der Waals surface area (Å²) in [7, 11) is 0. The second-order valence-corrected chi connectivity index (χ2v) is 15.4. The number of amides is 1. The smallest absolute Gasteiger partial charge is 0.248 e. The lowest BCUT2D eigenvalue weighted by molar-refractivity contribution is -0.121. The van der Waals surface area contributed by atoms with Gasteiger partial charge in [0.1, 0.15) is 11.5 Å². The van der Waals surface area contributed by atoms with Crippen molar-refractivity contribution in [3.63, 3.8) is 0 Å². The number of aromatic nitrogens is 3. The maximum atomic E-state index is 14.1. The number of carbonyl (C=O) groups excluding carboxylic acids is 1. The van der Waals surface area contributed by atoms with Crippen LogP contribution in [0.5, 0.6) is 0 Å². The number of fused-ring (bicyclic) bond motifs is 3. The number of benzene rings is 1. The van der Waals surface area contributed by atoms with E-state index in [0.29, 0.717) is 37.6 Å². The Morgan fingerprint density at radius 1 is 0.932 bits per heavy atom. The van der Waals surface area contributed by atoms with Gasteiger partial charge in [-0.2, -0.15) is 4.98 Å². The summed E-state index contributed by atoms with van der Waals surface area (Å²) in [6.45, 7) is 6.88. The van der Waals surface area contributed by atoms with Gasteiger partial charge >= 0.3 is 0 Å². The van der Waals surface area contributed by atoms with Crippen molar-refractivity contribution in [3.8, 4) is 11.3 Å². The topological polar surface area (TPSA) is 85.3 Å². The van der Waals surface area contributed by atoms with E-state index in [2.05, 4.69) is 31.1 Å². The summed E-state index contributed by atoms with van der Waals surface area (Å²) in [5.41, 5.74) is 2.28. The summed E-state index contributed by atoms with van der Waals surface area (Å²) >= 11 is 0. The highest BCUT2D eigenvalue weighted by molar-refractivity contribution is 5.94.